The second-order valence-corrected chi connectivity index (χ2v) is 3.94. The normalized spacial score (nSPS) is 10.2. The van der Waals surface area contributed by atoms with Crippen molar-refractivity contribution in [2.45, 2.75) is 0 Å². The van der Waals surface area contributed by atoms with Gasteiger partial charge in [-0.1, -0.05) is 0 Å². The van der Waals surface area contributed by atoms with Gasteiger partial charge in [-0.3, -0.25) is 14.3 Å². The van der Waals surface area contributed by atoms with E-state index in [1.807, 2.05) is 0 Å². The molecule has 3 rings (SSSR count). The van der Waals surface area contributed by atoms with Crippen LogP contribution in [0.2, 0.25) is 0 Å². The number of hydrogen-bond acceptors (Lipinski definition) is 5. The zero-order valence-electron chi connectivity index (χ0n) is 10.3. The maximum absolute atomic E-state index is 12.0. The van der Waals surface area contributed by atoms with Gasteiger partial charge < -0.3 is 5.32 Å². The van der Waals surface area contributed by atoms with Gasteiger partial charge in [0.15, 0.2) is 11.5 Å². The third-order valence-corrected chi connectivity index (χ3v) is 2.57. The topological polar surface area (TPSA) is 85.6 Å². The Balaban J connectivity index is 1.76. The smallest absolute Gasteiger partial charge is 0.276 e. The Morgan fingerprint density at radius 1 is 1.10 bits per heavy atom. The largest absolute Gasteiger partial charge is 0.319 e. The van der Waals surface area contributed by atoms with Crippen LogP contribution in [0.4, 0.5) is 5.69 Å². The molecule has 0 atom stereocenters. The number of nitrogens with zero attached hydrogens (tertiary/aromatic N) is 5. The standard InChI is InChI=1S/C13H10N6O/c20-13(16-10-2-1-5-14-8-10)11-3-4-12(18-17-11)19-7-6-15-9-19/h1-9H,(H,16,20). The third kappa shape index (κ3) is 2.51. The van der Waals surface area contributed by atoms with E-state index in [9.17, 15) is 4.79 Å². The quantitative estimate of drug-likeness (QED) is 0.772. The molecular formula is C13H10N6O. The number of imidazole rings is 1. The van der Waals surface area contributed by atoms with Crippen LogP contribution in [0.15, 0.2) is 55.4 Å². The minimum absolute atomic E-state index is 0.234. The first kappa shape index (κ1) is 12.0. The van der Waals surface area contributed by atoms with Crippen molar-refractivity contribution in [2.75, 3.05) is 5.32 Å². The fourth-order valence-electron chi connectivity index (χ4n) is 1.61. The highest BCUT2D eigenvalue weighted by atomic mass is 16.1. The Bertz CT molecular complexity index is 693. The molecule has 0 saturated carbocycles. The fraction of sp³-hybridized carbons (Fsp3) is 0. The second kappa shape index (κ2) is 5.27. The molecule has 7 nitrogen and oxygen atoms in total. The average molecular weight is 266 g/mol. The van der Waals surface area contributed by atoms with Crippen molar-refractivity contribution in [3.8, 4) is 5.82 Å². The molecule has 1 N–H and O–H groups in total. The van der Waals surface area contributed by atoms with E-state index in [2.05, 4.69) is 25.5 Å². The molecule has 0 bridgehead atoms. The van der Waals surface area contributed by atoms with Gasteiger partial charge in [0.1, 0.15) is 6.33 Å². The van der Waals surface area contributed by atoms with Crippen molar-refractivity contribution in [1.82, 2.24) is 24.7 Å². The van der Waals surface area contributed by atoms with E-state index >= 15 is 0 Å². The number of carbonyl (C=O) groups is 1. The van der Waals surface area contributed by atoms with Crippen LogP contribution >= 0.6 is 0 Å². The summed E-state index contributed by atoms with van der Waals surface area (Å²) in [6.07, 6.45) is 8.20. The summed E-state index contributed by atoms with van der Waals surface area (Å²) in [6, 6.07) is 6.79. The Kier molecular flexibility index (Phi) is 3.15. The summed E-state index contributed by atoms with van der Waals surface area (Å²) in [4.78, 5) is 19.8. The molecule has 0 aliphatic rings. The molecule has 98 valence electrons. The summed E-state index contributed by atoms with van der Waals surface area (Å²) in [5.74, 6) is 0.267. The number of pyridine rings is 1. The first-order valence-corrected chi connectivity index (χ1v) is 5.86. The Labute approximate surface area is 114 Å². The number of aromatic nitrogens is 5. The monoisotopic (exact) mass is 266 g/mol. The maximum Gasteiger partial charge on any atom is 0.276 e. The SMILES string of the molecule is O=C(Nc1cccnc1)c1ccc(-n2ccnc2)nn1. The molecular weight excluding hydrogens is 256 g/mol. The molecule has 3 aromatic heterocycles. The highest BCUT2D eigenvalue weighted by molar-refractivity contribution is 6.02. The van der Waals surface area contributed by atoms with Crippen LogP contribution in [0, 0.1) is 0 Å². The molecule has 3 heterocycles. The van der Waals surface area contributed by atoms with E-state index in [0.29, 0.717) is 11.5 Å². The lowest BCUT2D eigenvalue weighted by Crippen LogP contribution is -2.15. The molecule has 7 heteroatoms. The number of hydrogen-bond donors (Lipinski definition) is 1. The van der Waals surface area contributed by atoms with Crippen molar-refractivity contribution in [2.24, 2.45) is 0 Å². The molecule has 0 aliphatic carbocycles. The van der Waals surface area contributed by atoms with Crippen LogP contribution in [0.25, 0.3) is 5.82 Å². The lowest BCUT2D eigenvalue weighted by molar-refractivity contribution is 0.102. The average Bonchev–Trinajstić information content (AvgIpc) is 3.03. The van der Waals surface area contributed by atoms with Crippen LogP contribution in [0.5, 0.6) is 0 Å². The van der Waals surface area contributed by atoms with Crippen LogP contribution in [-0.4, -0.2) is 30.6 Å². The lowest BCUT2D eigenvalue weighted by Gasteiger charge is -2.04. The van der Waals surface area contributed by atoms with E-state index in [0.717, 1.165) is 0 Å². The molecule has 0 saturated heterocycles. The van der Waals surface area contributed by atoms with Gasteiger partial charge in [0, 0.05) is 18.6 Å². The first-order chi connectivity index (χ1) is 9.83. The van der Waals surface area contributed by atoms with E-state index in [-0.39, 0.29) is 11.6 Å². The zero-order valence-corrected chi connectivity index (χ0v) is 10.3. The predicted octanol–water partition coefficient (Wildman–Crippen LogP) is 1.31. The van der Waals surface area contributed by atoms with Gasteiger partial charge in [0.05, 0.1) is 11.9 Å². The molecule has 0 unspecified atom stereocenters. The van der Waals surface area contributed by atoms with Gasteiger partial charge in [-0.25, -0.2) is 4.98 Å². The van der Waals surface area contributed by atoms with Crippen LogP contribution in [0.1, 0.15) is 10.5 Å². The number of rotatable bonds is 3. The van der Waals surface area contributed by atoms with E-state index < -0.39 is 0 Å². The van der Waals surface area contributed by atoms with Gasteiger partial charge in [-0.15, -0.1) is 10.2 Å². The zero-order chi connectivity index (χ0) is 13.8. The van der Waals surface area contributed by atoms with Gasteiger partial charge >= 0.3 is 0 Å². The van der Waals surface area contributed by atoms with Crippen molar-refractivity contribution in [1.29, 1.82) is 0 Å². The number of anilines is 1. The molecule has 0 spiro atoms. The summed E-state index contributed by atoms with van der Waals surface area (Å²) < 4.78 is 1.70. The Hall–Kier alpha value is -3.09. The van der Waals surface area contributed by atoms with Crippen LogP contribution < -0.4 is 5.32 Å². The lowest BCUT2D eigenvalue weighted by atomic mass is 10.3. The van der Waals surface area contributed by atoms with Crippen molar-refractivity contribution < 1.29 is 4.79 Å². The molecule has 0 aromatic carbocycles. The molecule has 3 aromatic rings. The third-order valence-electron chi connectivity index (χ3n) is 2.57. The predicted molar refractivity (Wildman–Crippen MR) is 71.3 cm³/mol. The first-order valence-electron chi connectivity index (χ1n) is 5.86. The Morgan fingerprint density at radius 2 is 2.05 bits per heavy atom. The highest BCUT2D eigenvalue weighted by Gasteiger charge is 2.09. The summed E-state index contributed by atoms with van der Waals surface area (Å²) in [5.41, 5.74) is 0.843. The summed E-state index contributed by atoms with van der Waals surface area (Å²) in [7, 11) is 0. The van der Waals surface area contributed by atoms with Crippen LogP contribution in [0.3, 0.4) is 0 Å². The van der Waals surface area contributed by atoms with E-state index in [1.54, 1.807) is 59.9 Å². The highest BCUT2D eigenvalue weighted by Crippen LogP contribution is 2.07. The summed E-state index contributed by atoms with van der Waals surface area (Å²) in [6.45, 7) is 0. The van der Waals surface area contributed by atoms with Gasteiger partial charge in [-0.2, -0.15) is 0 Å². The van der Waals surface area contributed by atoms with Crippen molar-refractivity contribution >= 4 is 11.6 Å². The number of carbonyl (C=O) groups excluding carboxylic acids is 1. The maximum atomic E-state index is 12.0. The minimum Gasteiger partial charge on any atom is -0.319 e. The van der Waals surface area contributed by atoms with Gasteiger partial charge in [-0.05, 0) is 24.3 Å². The van der Waals surface area contributed by atoms with Gasteiger partial charge in [0.25, 0.3) is 5.91 Å². The Morgan fingerprint density at radius 3 is 2.70 bits per heavy atom. The van der Waals surface area contributed by atoms with Crippen molar-refractivity contribution in [3.63, 3.8) is 0 Å². The van der Waals surface area contributed by atoms with Crippen molar-refractivity contribution in [3.05, 3.63) is 61.1 Å². The fourth-order valence-corrected chi connectivity index (χ4v) is 1.61. The number of amides is 1. The summed E-state index contributed by atoms with van der Waals surface area (Å²) in [5, 5.41) is 10.6. The minimum atomic E-state index is -0.331. The van der Waals surface area contributed by atoms with Crippen LogP contribution in [-0.2, 0) is 0 Å². The molecule has 1 amide bonds. The molecule has 0 aliphatic heterocycles. The van der Waals surface area contributed by atoms with E-state index in [4.69, 9.17) is 0 Å². The van der Waals surface area contributed by atoms with Gasteiger partial charge in [0.2, 0.25) is 0 Å². The van der Waals surface area contributed by atoms with E-state index in [1.165, 1.54) is 0 Å². The molecule has 0 radical (unpaired) electrons. The molecule has 20 heavy (non-hydrogen) atoms. The molecule has 0 fully saturated rings. The number of nitrogens with one attached hydrogen (secondary N) is 1. The second-order valence-electron chi connectivity index (χ2n) is 3.94. The summed E-state index contributed by atoms with van der Waals surface area (Å²) >= 11 is 0.